The summed E-state index contributed by atoms with van der Waals surface area (Å²) in [6.07, 6.45) is 7.00. The zero-order valence-electron chi connectivity index (χ0n) is 16.7. The molecule has 3 aromatic rings. The molecule has 1 atom stereocenters. The van der Waals surface area contributed by atoms with E-state index in [2.05, 4.69) is 15.0 Å². The molecule has 2 aromatic heterocycles. The highest BCUT2D eigenvalue weighted by atomic mass is 32.2. The van der Waals surface area contributed by atoms with Crippen LogP contribution in [0.25, 0.3) is 11.1 Å². The van der Waals surface area contributed by atoms with Crippen LogP contribution in [0.1, 0.15) is 30.3 Å². The molecular formula is C22H22FN5OS. The van der Waals surface area contributed by atoms with E-state index in [0.717, 1.165) is 36.2 Å². The molecule has 1 aromatic carbocycles. The van der Waals surface area contributed by atoms with Gasteiger partial charge >= 0.3 is 0 Å². The van der Waals surface area contributed by atoms with Gasteiger partial charge in [-0.15, -0.1) is 0 Å². The number of benzene rings is 1. The fourth-order valence-corrected chi connectivity index (χ4v) is 4.36. The minimum atomic E-state index is -0.275. The van der Waals surface area contributed by atoms with E-state index in [1.807, 2.05) is 11.8 Å². The van der Waals surface area contributed by atoms with Crippen LogP contribution in [0.2, 0.25) is 0 Å². The lowest BCUT2D eigenvalue weighted by Crippen LogP contribution is -2.40. The molecule has 1 unspecified atom stereocenters. The molecule has 0 aliphatic carbocycles. The summed E-state index contributed by atoms with van der Waals surface area (Å²) >= 11 is 1.35. The van der Waals surface area contributed by atoms with Crippen molar-refractivity contribution < 1.29 is 9.18 Å². The van der Waals surface area contributed by atoms with Crippen molar-refractivity contribution in [2.24, 2.45) is 0 Å². The Kier molecular flexibility index (Phi) is 6.32. The number of aryl methyl sites for hydroxylation is 1. The van der Waals surface area contributed by atoms with E-state index in [0.29, 0.717) is 23.3 Å². The number of thioether (sulfide) groups is 1. The zero-order valence-corrected chi connectivity index (χ0v) is 17.5. The van der Waals surface area contributed by atoms with Gasteiger partial charge in [-0.2, -0.15) is 0 Å². The van der Waals surface area contributed by atoms with E-state index in [4.69, 9.17) is 4.98 Å². The average Bonchev–Trinajstić information content (AvgIpc) is 2.79. The predicted molar refractivity (Wildman–Crippen MR) is 113 cm³/mol. The van der Waals surface area contributed by atoms with Crippen LogP contribution in [0.4, 0.5) is 4.39 Å². The molecule has 0 spiro atoms. The number of likely N-dealkylation sites (tertiary alicyclic amines) is 1. The lowest BCUT2D eigenvalue weighted by atomic mass is 9.90. The molecule has 8 heteroatoms. The first-order valence-electron chi connectivity index (χ1n) is 9.87. The van der Waals surface area contributed by atoms with Crippen molar-refractivity contribution >= 4 is 17.7 Å². The number of carbonyl (C=O) groups is 1. The molecule has 6 nitrogen and oxygen atoms in total. The van der Waals surface area contributed by atoms with Crippen molar-refractivity contribution in [2.45, 2.75) is 30.8 Å². The maximum absolute atomic E-state index is 13.4. The Balaban J connectivity index is 1.51. The van der Waals surface area contributed by atoms with E-state index < -0.39 is 0 Å². The van der Waals surface area contributed by atoms with Gasteiger partial charge in [-0.25, -0.2) is 24.3 Å². The van der Waals surface area contributed by atoms with E-state index in [1.54, 1.807) is 36.8 Å². The van der Waals surface area contributed by atoms with Crippen LogP contribution in [-0.2, 0) is 4.79 Å². The largest absolute Gasteiger partial charge is 0.341 e. The lowest BCUT2D eigenvalue weighted by Gasteiger charge is -2.33. The molecule has 0 radical (unpaired) electrons. The van der Waals surface area contributed by atoms with Crippen LogP contribution >= 0.6 is 11.8 Å². The van der Waals surface area contributed by atoms with E-state index in [-0.39, 0.29) is 17.6 Å². The Morgan fingerprint density at radius 1 is 1.20 bits per heavy atom. The first-order chi connectivity index (χ1) is 14.6. The van der Waals surface area contributed by atoms with Gasteiger partial charge < -0.3 is 4.90 Å². The molecular weight excluding hydrogens is 401 g/mol. The molecule has 4 rings (SSSR count). The number of nitrogens with zero attached hydrogens (tertiary/aromatic N) is 5. The van der Waals surface area contributed by atoms with E-state index >= 15 is 0 Å². The number of aromatic nitrogens is 4. The highest BCUT2D eigenvalue weighted by Gasteiger charge is 2.28. The highest BCUT2D eigenvalue weighted by molar-refractivity contribution is 7.99. The fraction of sp³-hybridized carbons (Fsp3) is 0.318. The molecule has 0 bridgehead atoms. The molecule has 1 saturated heterocycles. The Morgan fingerprint density at radius 3 is 2.73 bits per heavy atom. The molecule has 1 amide bonds. The summed E-state index contributed by atoms with van der Waals surface area (Å²) in [5.41, 5.74) is 2.70. The molecule has 154 valence electrons. The summed E-state index contributed by atoms with van der Waals surface area (Å²) in [7, 11) is 0. The smallest absolute Gasteiger partial charge is 0.233 e. The normalized spacial score (nSPS) is 16.5. The molecule has 0 saturated carbocycles. The van der Waals surface area contributed by atoms with Gasteiger partial charge in [0.1, 0.15) is 11.6 Å². The van der Waals surface area contributed by atoms with Crippen molar-refractivity contribution in [3.8, 4) is 11.1 Å². The summed E-state index contributed by atoms with van der Waals surface area (Å²) in [4.78, 5) is 32.1. The molecule has 1 fully saturated rings. The first kappa shape index (κ1) is 20.4. The Bertz CT molecular complexity index is 1020. The van der Waals surface area contributed by atoms with Gasteiger partial charge in [0.15, 0.2) is 5.16 Å². The monoisotopic (exact) mass is 423 g/mol. The minimum Gasteiger partial charge on any atom is -0.341 e. The lowest BCUT2D eigenvalue weighted by molar-refractivity contribution is -0.129. The quantitative estimate of drug-likeness (QED) is 0.458. The van der Waals surface area contributed by atoms with Crippen molar-refractivity contribution in [1.29, 1.82) is 0 Å². The molecule has 1 aliphatic rings. The Morgan fingerprint density at radius 2 is 1.97 bits per heavy atom. The maximum Gasteiger partial charge on any atom is 0.233 e. The van der Waals surface area contributed by atoms with Gasteiger partial charge in [0, 0.05) is 43.2 Å². The van der Waals surface area contributed by atoms with Crippen molar-refractivity contribution in [2.75, 3.05) is 18.8 Å². The maximum atomic E-state index is 13.4. The van der Waals surface area contributed by atoms with Gasteiger partial charge in [-0.1, -0.05) is 23.9 Å². The standard InChI is InChI=1S/C22H22FN5OS/c1-15-26-12-19(16-5-7-18(23)8-6-16)21(27-15)17-4-2-11-28(13-17)20(29)14-30-22-24-9-3-10-25-22/h3,5-10,12,17H,2,4,11,13-14H2,1H3. The second-order valence-electron chi connectivity index (χ2n) is 7.22. The van der Waals surface area contributed by atoms with Crippen LogP contribution < -0.4 is 0 Å². The number of amides is 1. The second kappa shape index (κ2) is 9.30. The van der Waals surface area contributed by atoms with Crippen LogP contribution in [0, 0.1) is 12.7 Å². The second-order valence-corrected chi connectivity index (χ2v) is 8.16. The van der Waals surface area contributed by atoms with Crippen LogP contribution in [0.15, 0.2) is 54.1 Å². The molecule has 3 heterocycles. The number of carbonyl (C=O) groups excluding carboxylic acids is 1. The van der Waals surface area contributed by atoms with Gasteiger partial charge in [-0.3, -0.25) is 4.79 Å². The van der Waals surface area contributed by atoms with Gasteiger partial charge in [-0.05, 0) is 43.5 Å². The summed E-state index contributed by atoms with van der Waals surface area (Å²) in [6.45, 7) is 3.21. The molecule has 30 heavy (non-hydrogen) atoms. The summed E-state index contributed by atoms with van der Waals surface area (Å²) in [5.74, 6) is 0.914. The number of halogens is 1. The minimum absolute atomic E-state index is 0.0752. The summed E-state index contributed by atoms with van der Waals surface area (Å²) in [6, 6.07) is 8.13. The third-order valence-corrected chi connectivity index (χ3v) is 5.98. The van der Waals surface area contributed by atoms with Crippen molar-refractivity contribution in [3.05, 3.63) is 66.3 Å². The molecule has 1 aliphatic heterocycles. The van der Waals surface area contributed by atoms with Crippen LogP contribution in [-0.4, -0.2) is 49.6 Å². The SMILES string of the molecule is Cc1ncc(-c2ccc(F)cc2)c(C2CCCN(C(=O)CSc3ncccn3)C2)n1. The topological polar surface area (TPSA) is 71.9 Å². The van der Waals surface area contributed by atoms with E-state index in [1.165, 1.54) is 23.9 Å². The third-order valence-electron chi connectivity index (χ3n) is 5.12. The van der Waals surface area contributed by atoms with Gasteiger partial charge in [0.05, 0.1) is 11.4 Å². The number of piperidine rings is 1. The van der Waals surface area contributed by atoms with Crippen molar-refractivity contribution in [3.63, 3.8) is 0 Å². The average molecular weight is 424 g/mol. The number of rotatable bonds is 5. The number of hydrogen-bond acceptors (Lipinski definition) is 6. The summed E-state index contributed by atoms with van der Waals surface area (Å²) < 4.78 is 13.4. The zero-order chi connectivity index (χ0) is 20.9. The summed E-state index contributed by atoms with van der Waals surface area (Å²) in [5, 5.41) is 0.601. The predicted octanol–water partition coefficient (Wildman–Crippen LogP) is 3.88. The van der Waals surface area contributed by atoms with Gasteiger partial charge in [0.25, 0.3) is 0 Å². The Hall–Kier alpha value is -2.87. The van der Waals surface area contributed by atoms with Crippen LogP contribution in [0.5, 0.6) is 0 Å². The van der Waals surface area contributed by atoms with Gasteiger partial charge in [0.2, 0.25) is 5.91 Å². The van der Waals surface area contributed by atoms with Crippen molar-refractivity contribution in [1.82, 2.24) is 24.8 Å². The molecule has 0 N–H and O–H groups in total. The number of hydrogen-bond donors (Lipinski definition) is 0. The van der Waals surface area contributed by atoms with Crippen LogP contribution in [0.3, 0.4) is 0 Å². The highest BCUT2D eigenvalue weighted by Crippen LogP contribution is 2.33. The fourth-order valence-electron chi connectivity index (χ4n) is 3.65. The Labute approximate surface area is 179 Å². The van der Waals surface area contributed by atoms with E-state index in [9.17, 15) is 9.18 Å². The first-order valence-corrected chi connectivity index (χ1v) is 10.9. The third kappa shape index (κ3) is 4.81.